The highest BCUT2D eigenvalue weighted by molar-refractivity contribution is 5.77. The molecule has 102 valence electrons. The van der Waals surface area contributed by atoms with Gasteiger partial charge in [0.2, 0.25) is 5.85 Å². The van der Waals surface area contributed by atoms with Crippen molar-refractivity contribution < 1.29 is 13.9 Å². The average Bonchev–Trinajstić information content (AvgIpc) is 2.81. The van der Waals surface area contributed by atoms with Gasteiger partial charge in [-0.1, -0.05) is 11.3 Å². The average molecular weight is 275 g/mol. The summed E-state index contributed by atoms with van der Waals surface area (Å²) >= 11 is 0. The fourth-order valence-corrected chi connectivity index (χ4v) is 1.98. The molecule has 0 aliphatic rings. The largest absolute Gasteiger partial charge is 0.358 e. The Bertz CT molecular complexity index is 760. The van der Waals surface area contributed by atoms with E-state index < -0.39 is 5.85 Å². The molecular formula is C14H11F2N3O. The second-order valence-electron chi connectivity index (χ2n) is 4.63. The van der Waals surface area contributed by atoms with Crippen LogP contribution in [0.1, 0.15) is 12.5 Å². The summed E-state index contributed by atoms with van der Waals surface area (Å²) in [6.07, 6.45) is 0. The second kappa shape index (κ2) is 4.35. The molecule has 6 heteroatoms. The molecule has 1 unspecified atom stereocenters. The zero-order valence-electron chi connectivity index (χ0n) is 10.6. The van der Waals surface area contributed by atoms with Crippen molar-refractivity contribution in [3.63, 3.8) is 0 Å². The fraction of sp³-hybridized carbons (Fsp3) is 0.143. The van der Waals surface area contributed by atoms with E-state index in [1.807, 2.05) is 0 Å². The van der Waals surface area contributed by atoms with E-state index in [1.165, 1.54) is 28.9 Å². The molecule has 0 saturated carbocycles. The van der Waals surface area contributed by atoms with Crippen molar-refractivity contribution in [2.45, 2.75) is 12.8 Å². The monoisotopic (exact) mass is 275 g/mol. The van der Waals surface area contributed by atoms with Crippen molar-refractivity contribution in [2.75, 3.05) is 0 Å². The smallest absolute Gasteiger partial charge is 0.230 e. The van der Waals surface area contributed by atoms with Crippen LogP contribution < -0.4 is 0 Å². The SMILES string of the molecule is CC(O)(F)c1ccc2c(c1)nnn2-c1ccc(F)cc1. The van der Waals surface area contributed by atoms with Gasteiger partial charge in [-0.05, 0) is 43.3 Å². The molecule has 3 rings (SSSR count). The molecule has 0 radical (unpaired) electrons. The van der Waals surface area contributed by atoms with Crippen molar-refractivity contribution in [2.24, 2.45) is 0 Å². The van der Waals surface area contributed by atoms with Crippen molar-refractivity contribution in [3.05, 3.63) is 53.8 Å². The van der Waals surface area contributed by atoms with E-state index >= 15 is 0 Å². The number of fused-ring (bicyclic) bond motifs is 1. The molecule has 0 aliphatic carbocycles. The summed E-state index contributed by atoms with van der Waals surface area (Å²) in [7, 11) is 0. The van der Waals surface area contributed by atoms with Gasteiger partial charge in [-0.15, -0.1) is 5.10 Å². The van der Waals surface area contributed by atoms with Crippen LogP contribution in [0.25, 0.3) is 16.7 Å². The number of hydrogen-bond acceptors (Lipinski definition) is 3. The topological polar surface area (TPSA) is 50.9 Å². The summed E-state index contributed by atoms with van der Waals surface area (Å²) < 4.78 is 27.9. The molecule has 3 aromatic rings. The Kier molecular flexibility index (Phi) is 2.76. The van der Waals surface area contributed by atoms with Gasteiger partial charge < -0.3 is 5.11 Å². The van der Waals surface area contributed by atoms with Gasteiger partial charge in [0.15, 0.2) is 0 Å². The van der Waals surface area contributed by atoms with Gasteiger partial charge in [0.25, 0.3) is 0 Å². The quantitative estimate of drug-likeness (QED) is 0.782. The molecule has 4 nitrogen and oxygen atoms in total. The van der Waals surface area contributed by atoms with Crippen molar-refractivity contribution >= 4 is 11.0 Å². The van der Waals surface area contributed by atoms with Crippen molar-refractivity contribution in [1.29, 1.82) is 0 Å². The molecule has 0 aliphatic heterocycles. The number of nitrogens with zero attached hydrogens (tertiary/aromatic N) is 3. The summed E-state index contributed by atoms with van der Waals surface area (Å²) in [6.45, 7) is 1.05. The lowest BCUT2D eigenvalue weighted by Crippen LogP contribution is -2.13. The lowest BCUT2D eigenvalue weighted by Gasteiger charge is -2.12. The summed E-state index contributed by atoms with van der Waals surface area (Å²) in [5, 5.41) is 17.2. The molecular weight excluding hydrogens is 264 g/mol. The maximum atomic E-state index is 13.5. The second-order valence-corrected chi connectivity index (χ2v) is 4.63. The Balaban J connectivity index is 2.13. The Morgan fingerprint density at radius 3 is 2.50 bits per heavy atom. The molecule has 0 saturated heterocycles. The number of halogens is 2. The third-order valence-electron chi connectivity index (χ3n) is 3.04. The van der Waals surface area contributed by atoms with Crippen LogP contribution in [0.2, 0.25) is 0 Å². The molecule has 1 heterocycles. The summed E-state index contributed by atoms with van der Waals surface area (Å²) in [4.78, 5) is 0. The lowest BCUT2D eigenvalue weighted by molar-refractivity contribution is -0.0767. The predicted octanol–water partition coefficient (Wildman–Crippen LogP) is 2.69. The maximum absolute atomic E-state index is 13.5. The minimum Gasteiger partial charge on any atom is -0.358 e. The number of rotatable bonds is 2. The third-order valence-corrected chi connectivity index (χ3v) is 3.04. The van der Waals surface area contributed by atoms with Crippen LogP contribution >= 0.6 is 0 Å². The van der Waals surface area contributed by atoms with E-state index in [1.54, 1.807) is 18.2 Å². The Morgan fingerprint density at radius 1 is 1.15 bits per heavy atom. The maximum Gasteiger partial charge on any atom is 0.230 e. The summed E-state index contributed by atoms with van der Waals surface area (Å²) in [5.41, 5.74) is 1.85. The molecule has 0 spiro atoms. The molecule has 20 heavy (non-hydrogen) atoms. The highest BCUT2D eigenvalue weighted by atomic mass is 19.2. The van der Waals surface area contributed by atoms with Gasteiger partial charge in [-0.3, -0.25) is 0 Å². The minimum absolute atomic E-state index is 0.108. The van der Waals surface area contributed by atoms with E-state index in [2.05, 4.69) is 10.3 Å². The van der Waals surface area contributed by atoms with Gasteiger partial charge in [-0.25, -0.2) is 13.5 Å². The number of hydrogen-bond donors (Lipinski definition) is 1. The lowest BCUT2D eigenvalue weighted by atomic mass is 10.1. The molecule has 1 aromatic heterocycles. The number of aliphatic hydroxyl groups is 1. The van der Waals surface area contributed by atoms with Gasteiger partial charge in [0.1, 0.15) is 11.3 Å². The first kappa shape index (κ1) is 12.7. The fourth-order valence-electron chi connectivity index (χ4n) is 1.98. The van der Waals surface area contributed by atoms with Gasteiger partial charge in [-0.2, -0.15) is 0 Å². The minimum atomic E-state index is -2.42. The Morgan fingerprint density at radius 2 is 1.85 bits per heavy atom. The molecule has 1 N–H and O–H groups in total. The Hall–Kier alpha value is -2.34. The molecule has 0 bridgehead atoms. The highest BCUT2D eigenvalue weighted by Crippen LogP contribution is 2.25. The van der Waals surface area contributed by atoms with E-state index in [0.29, 0.717) is 16.7 Å². The first-order chi connectivity index (χ1) is 9.45. The van der Waals surface area contributed by atoms with Crippen LogP contribution in [0.4, 0.5) is 8.78 Å². The van der Waals surface area contributed by atoms with E-state index in [0.717, 1.165) is 6.92 Å². The first-order valence-electron chi connectivity index (χ1n) is 5.98. The molecule has 0 fully saturated rings. The molecule has 2 aromatic carbocycles. The number of benzene rings is 2. The Labute approximate surface area is 113 Å². The first-order valence-corrected chi connectivity index (χ1v) is 5.98. The van der Waals surface area contributed by atoms with Crippen LogP contribution in [0.5, 0.6) is 0 Å². The van der Waals surface area contributed by atoms with Gasteiger partial charge in [0.05, 0.1) is 11.2 Å². The zero-order valence-corrected chi connectivity index (χ0v) is 10.6. The van der Waals surface area contributed by atoms with Gasteiger partial charge in [0, 0.05) is 5.56 Å². The standard InChI is InChI=1S/C14H11F2N3O/c1-14(16,20)9-2-7-13-12(8-9)17-18-19(13)11-5-3-10(15)4-6-11/h2-8,20H,1H3. The summed E-state index contributed by atoms with van der Waals surface area (Å²) in [5.74, 6) is -2.76. The van der Waals surface area contributed by atoms with Crippen molar-refractivity contribution in [1.82, 2.24) is 15.0 Å². The number of alkyl halides is 1. The van der Waals surface area contributed by atoms with Crippen LogP contribution in [0.3, 0.4) is 0 Å². The zero-order chi connectivity index (χ0) is 14.3. The third kappa shape index (κ3) is 2.14. The van der Waals surface area contributed by atoms with Crippen molar-refractivity contribution in [3.8, 4) is 5.69 Å². The van der Waals surface area contributed by atoms with Gasteiger partial charge >= 0.3 is 0 Å². The van der Waals surface area contributed by atoms with E-state index in [4.69, 9.17) is 0 Å². The molecule has 1 atom stereocenters. The van der Waals surface area contributed by atoms with Crippen LogP contribution in [-0.2, 0) is 5.85 Å². The van der Waals surface area contributed by atoms with E-state index in [-0.39, 0.29) is 11.4 Å². The number of aromatic nitrogens is 3. The predicted molar refractivity (Wildman–Crippen MR) is 69.5 cm³/mol. The van der Waals surface area contributed by atoms with Crippen LogP contribution in [0.15, 0.2) is 42.5 Å². The van der Waals surface area contributed by atoms with Crippen LogP contribution in [0, 0.1) is 5.82 Å². The molecule has 0 amide bonds. The van der Waals surface area contributed by atoms with E-state index in [9.17, 15) is 13.9 Å². The normalized spacial score (nSPS) is 14.4. The van der Waals surface area contributed by atoms with Crippen LogP contribution in [-0.4, -0.2) is 20.1 Å². The highest BCUT2D eigenvalue weighted by Gasteiger charge is 2.22. The summed E-state index contributed by atoms with van der Waals surface area (Å²) in [6, 6.07) is 10.3.